The van der Waals surface area contributed by atoms with Gasteiger partial charge in [-0.1, -0.05) is 38.8 Å². The Morgan fingerprint density at radius 2 is 2.18 bits per heavy atom. The third-order valence-corrected chi connectivity index (χ3v) is 2.59. The van der Waals surface area contributed by atoms with Gasteiger partial charge in [0, 0.05) is 5.92 Å². The Balaban J connectivity index is 2.72. The van der Waals surface area contributed by atoms with Crippen molar-refractivity contribution in [2.45, 2.75) is 40.2 Å². The number of nitrogens with zero attached hydrogens (tertiary/aromatic N) is 2. The molecule has 1 aromatic heterocycles. The van der Waals surface area contributed by atoms with Gasteiger partial charge in [-0.05, 0) is 18.1 Å². The summed E-state index contributed by atoms with van der Waals surface area (Å²) in [4.78, 5) is 11.5. The van der Waals surface area contributed by atoms with E-state index in [1.165, 1.54) is 0 Å². The maximum atomic E-state index is 11.5. The standard InChI is InChI=1S/C12H18ClN3O/c1-4-5-9-6-11(13)16-15-10(9)7-14-12(17)8(2)3/h6,8H,4-5,7H2,1-3H3,(H,14,17). The van der Waals surface area contributed by atoms with Gasteiger partial charge in [0.15, 0.2) is 5.15 Å². The van der Waals surface area contributed by atoms with Crippen LogP contribution in [0.5, 0.6) is 0 Å². The number of aryl methyl sites for hydroxylation is 1. The van der Waals surface area contributed by atoms with Crippen LogP contribution in [-0.2, 0) is 17.8 Å². The molecule has 1 amide bonds. The molecule has 0 radical (unpaired) electrons. The lowest BCUT2D eigenvalue weighted by atomic mass is 10.1. The second-order valence-corrected chi connectivity index (χ2v) is 4.65. The molecule has 1 N–H and O–H groups in total. The summed E-state index contributed by atoms with van der Waals surface area (Å²) in [6, 6.07) is 1.81. The summed E-state index contributed by atoms with van der Waals surface area (Å²) in [6.07, 6.45) is 1.90. The van der Waals surface area contributed by atoms with Crippen LogP contribution in [0.2, 0.25) is 5.15 Å². The third-order valence-electron chi connectivity index (χ3n) is 2.40. The minimum absolute atomic E-state index is 0.0178. The van der Waals surface area contributed by atoms with E-state index in [0.29, 0.717) is 11.7 Å². The highest BCUT2D eigenvalue weighted by Crippen LogP contribution is 2.12. The van der Waals surface area contributed by atoms with Crippen molar-refractivity contribution in [1.29, 1.82) is 0 Å². The van der Waals surface area contributed by atoms with Crippen molar-refractivity contribution in [3.05, 3.63) is 22.5 Å². The topological polar surface area (TPSA) is 54.9 Å². The fraction of sp³-hybridized carbons (Fsp3) is 0.583. The second kappa shape index (κ2) is 6.55. The van der Waals surface area contributed by atoms with Crippen molar-refractivity contribution in [3.63, 3.8) is 0 Å². The second-order valence-electron chi connectivity index (χ2n) is 4.26. The Bertz CT molecular complexity index is 393. The molecule has 1 aromatic rings. The summed E-state index contributed by atoms with van der Waals surface area (Å²) in [5.74, 6) is -0.00548. The Labute approximate surface area is 107 Å². The molecule has 0 fully saturated rings. The summed E-state index contributed by atoms with van der Waals surface area (Å²) in [7, 11) is 0. The van der Waals surface area contributed by atoms with Gasteiger partial charge in [0.2, 0.25) is 5.91 Å². The number of aromatic nitrogens is 2. The highest BCUT2D eigenvalue weighted by Gasteiger charge is 2.10. The predicted molar refractivity (Wildman–Crippen MR) is 67.7 cm³/mol. The first kappa shape index (κ1) is 13.9. The molecule has 1 rings (SSSR count). The van der Waals surface area contributed by atoms with Crippen molar-refractivity contribution < 1.29 is 4.79 Å². The molecule has 0 unspecified atom stereocenters. The zero-order valence-corrected chi connectivity index (χ0v) is 11.2. The van der Waals surface area contributed by atoms with E-state index in [9.17, 15) is 4.79 Å². The van der Waals surface area contributed by atoms with Crippen LogP contribution < -0.4 is 5.32 Å². The maximum absolute atomic E-state index is 11.5. The number of rotatable bonds is 5. The molecule has 0 aliphatic rings. The van der Waals surface area contributed by atoms with Crippen LogP contribution in [0.25, 0.3) is 0 Å². The van der Waals surface area contributed by atoms with Crippen LogP contribution in [-0.4, -0.2) is 16.1 Å². The summed E-state index contributed by atoms with van der Waals surface area (Å²) >= 11 is 5.80. The van der Waals surface area contributed by atoms with Gasteiger partial charge in [-0.3, -0.25) is 4.79 Å². The molecular formula is C12H18ClN3O. The van der Waals surface area contributed by atoms with Crippen molar-refractivity contribution >= 4 is 17.5 Å². The number of hydrogen-bond donors (Lipinski definition) is 1. The van der Waals surface area contributed by atoms with Crippen molar-refractivity contribution in [3.8, 4) is 0 Å². The van der Waals surface area contributed by atoms with Gasteiger partial charge in [-0.25, -0.2) is 0 Å². The van der Waals surface area contributed by atoms with Crippen LogP contribution in [0.15, 0.2) is 6.07 Å². The van der Waals surface area contributed by atoms with Gasteiger partial charge in [-0.2, -0.15) is 5.10 Å². The van der Waals surface area contributed by atoms with E-state index in [1.807, 2.05) is 19.9 Å². The van der Waals surface area contributed by atoms with E-state index in [1.54, 1.807) is 0 Å². The van der Waals surface area contributed by atoms with E-state index < -0.39 is 0 Å². The van der Waals surface area contributed by atoms with Gasteiger partial charge in [-0.15, -0.1) is 5.10 Å². The third kappa shape index (κ3) is 4.30. The van der Waals surface area contributed by atoms with Gasteiger partial charge >= 0.3 is 0 Å². The monoisotopic (exact) mass is 255 g/mol. The molecule has 0 spiro atoms. The first-order chi connectivity index (χ1) is 8.04. The van der Waals surface area contributed by atoms with E-state index in [2.05, 4.69) is 22.4 Å². The summed E-state index contributed by atoms with van der Waals surface area (Å²) < 4.78 is 0. The maximum Gasteiger partial charge on any atom is 0.222 e. The Hall–Kier alpha value is -1.16. The Kier molecular flexibility index (Phi) is 5.35. The highest BCUT2D eigenvalue weighted by atomic mass is 35.5. The normalized spacial score (nSPS) is 10.6. The van der Waals surface area contributed by atoms with E-state index in [4.69, 9.17) is 11.6 Å². The average Bonchev–Trinajstić information content (AvgIpc) is 2.28. The minimum atomic E-state index is -0.0233. The van der Waals surface area contributed by atoms with Gasteiger partial charge in [0.25, 0.3) is 0 Å². The highest BCUT2D eigenvalue weighted by molar-refractivity contribution is 6.29. The van der Waals surface area contributed by atoms with Crippen molar-refractivity contribution in [2.75, 3.05) is 0 Å². The molecule has 0 bridgehead atoms. The number of carbonyl (C=O) groups is 1. The molecule has 0 aromatic carbocycles. The zero-order chi connectivity index (χ0) is 12.8. The number of hydrogen-bond acceptors (Lipinski definition) is 3. The SMILES string of the molecule is CCCc1cc(Cl)nnc1CNC(=O)C(C)C. The largest absolute Gasteiger partial charge is 0.350 e. The van der Waals surface area contributed by atoms with E-state index in [0.717, 1.165) is 24.1 Å². The van der Waals surface area contributed by atoms with Crippen LogP contribution in [0, 0.1) is 5.92 Å². The fourth-order valence-corrected chi connectivity index (χ4v) is 1.61. The van der Waals surface area contributed by atoms with Crippen LogP contribution in [0.1, 0.15) is 38.4 Å². The fourth-order valence-electron chi connectivity index (χ4n) is 1.44. The molecule has 0 atom stereocenters. The molecule has 4 nitrogen and oxygen atoms in total. The Morgan fingerprint density at radius 3 is 2.76 bits per heavy atom. The predicted octanol–water partition coefficient (Wildman–Crippen LogP) is 2.35. The number of halogens is 1. The number of nitrogens with one attached hydrogen (secondary N) is 1. The molecule has 94 valence electrons. The van der Waals surface area contributed by atoms with Crippen LogP contribution in [0.4, 0.5) is 0 Å². The summed E-state index contributed by atoms with van der Waals surface area (Å²) in [5, 5.41) is 11.1. The van der Waals surface area contributed by atoms with Crippen LogP contribution >= 0.6 is 11.6 Å². The minimum Gasteiger partial charge on any atom is -0.350 e. The molecular weight excluding hydrogens is 238 g/mol. The molecule has 0 saturated heterocycles. The zero-order valence-electron chi connectivity index (χ0n) is 10.5. The lowest BCUT2D eigenvalue weighted by molar-refractivity contribution is -0.124. The van der Waals surface area contributed by atoms with Gasteiger partial charge in [0.05, 0.1) is 12.2 Å². The first-order valence-electron chi connectivity index (χ1n) is 5.83. The molecule has 0 aliphatic carbocycles. The quantitative estimate of drug-likeness (QED) is 0.879. The number of amides is 1. The number of carbonyl (C=O) groups excluding carboxylic acids is 1. The molecule has 0 aliphatic heterocycles. The summed E-state index contributed by atoms with van der Waals surface area (Å²) in [5.41, 5.74) is 1.85. The first-order valence-corrected chi connectivity index (χ1v) is 6.21. The lowest BCUT2D eigenvalue weighted by Gasteiger charge is -2.10. The van der Waals surface area contributed by atoms with Crippen molar-refractivity contribution in [1.82, 2.24) is 15.5 Å². The van der Waals surface area contributed by atoms with Gasteiger partial charge in [0.1, 0.15) is 0 Å². The summed E-state index contributed by atoms with van der Waals surface area (Å²) in [6.45, 7) is 6.22. The molecule has 1 heterocycles. The van der Waals surface area contributed by atoms with Crippen LogP contribution in [0.3, 0.4) is 0 Å². The van der Waals surface area contributed by atoms with Gasteiger partial charge < -0.3 is 5.32 Å². The van der Waals surface area contributed by atoms with E-state index >= 15 is 0 Å². The average molecular weight is 256 g/mol. The molecule has 17 heavy (non-hydrogen) atoms. The lowest BCUT2D eigenvalue weighted by Crippen LogP contribution is -2.28. The Morgan fingerprint density at radius 1 is 1.47 bits per heavy atom. The molecule has 5 heteroatoms. The molecule has 0 saturated carbocycles. The smallest absolute Gasteiger partial charge is 0.222 e. The van der Waals surface area contributed by atoms with E-state index in [-0.39, 0.29) is 11.8 Å². The van der Waals surface area contributed by atoms with Crippen molar-refractivity contribution in [2.24, 2.45) is 5.92 Å².